The van der Waals surface area contributed by atoms with Gasteiger partial charge in [0.2, 0.25) is 0 Å². The summed E-state index contributed by atoms with van der Waals surface area (Å²) >= 11 is 1.60. The molecule has 0 aliphatic rings. The van der Waals surface area contributed by atoms with Crippen molar-refractivity contribution in [1.29, 1.82) is 0 Å². The summed E-state index contributed by atoms with van der Waals surface area (Å²) in [7, 11) is 1.59. The summed E-state index contributed by atoms with van der Waals surface area (Å²) in [6.07, 6.45) is -0.646. The van der Waals surface area contributed by atoms with Crippen molar-refractivity contribution >= 4 is 23.4 Å². The van der Waals surface area contributed by atoms with Crippen LogP contribution in [0.15, 0.2) is 88.7 Å². The first kappa shape index (κ1) is 18.9. The molecule has 0 aliphatic heterocycles. The molecule has 3 aromatic rings. The Balaban J connectivity index is 1.68. The molecule has 0 aromatic heterocycles. The van der Waals surface area contributed by atoms with Gasteiger partial charge in [-0.15, -0.1) is 0 Å². The number of benzene rings is 3. The van der Waals surface area contributed by atoms with Crippen LogP contribution in [0.25, 0.3) is 0 Å². The number of anilines is 1. The third-order valence-corrected chi connectivity index (χ3v) is 4.92. The lowest BCUT2D eigenvalue weighted by Gasteiger charge is -2.16. The molecule has 0 heterocycles. The van der Waals surface area contributed by atoms with E-state index < -0.39 is 6.10 Å². The average molecular weight is 379 g/mol. The number of carbonyl (C=O) groups is 1. The summed E-state index contributed by atoms with van der Waals surface area (Å²) < 4.78 is 10.9. The van der Waals surface area contributed by atoms with Gasteiger partial charge < -0.3 is 14.8 Å². The summed E-state index contributed by atoms with van der Waals surface area (Å²) in [5, 5.41) is 2.96. The molecule has 0 bridgehead atoms. The van der Waals surface area contributed by atoms with E-state index in [1.165, 1.54) is 0 Å². The normalized spacial score (nSPS) is 11.5. The van der Waals surface area contributed by atoms with Crippen LogP contribution in [0.2, 0.25) is 0 Å². The van der Waals surface area contributed by atoms with E-state index in [1.807, 2.05) is 66.7 Å². The van der Waals surface area contributed by atoms with E-state index in [4.69, 9.17) is 9.47 Å². The van der Waals surface area contributed by atoms with Crippen molar-refractivity contribution in [1.82, 2.24) is 0 Å². The fraction of sp³-hybridized carbons (Fsp3) is 0.136. The van der Waals surface area contributed by atoms with Crippen molar-refractivity contribution in [2.45, 2.75) is 22.8 Å². The average Bonchev–Trinajstić information content (AvgIpc) is 2.70. The van der Waals surface area contributed by atoms with E-state index in [9.17, 15) is 4.79 Å². The van der Waals surface area contributed by atoms with Crippen LogP contribution in [0.4, 0.5) is 5.69 Å². The third kappa shape index (κ3) is 5.28. The summed E-state index contributed by atoms with van der Waals surface area (Å²) in [4.78, 5) is 14.7. The molecule has 0 spiro atoms. The van der Waals surface area contributed by atoms with E-state index in [2.05, 4.69) is 5.32 Å². The van der Waals surface area contributed by atoms with Crippen molar-refractivity contribution in [3.05, 3.63) is 78.9 Å². The molecule has 1 amide bonds. The Morgan fingerprint density at radius 3 is 2.41 bits per heavy atom. The van der Waals surface area contributed by atoms with Gasteiger partial charge in [-0.1, -0.05) is 48.2 Å². The first-order valence-electron chi connectivity index (χ1n) is 8.59. The van der Waals surface area contributed by atoms with Crippen LogP contribution in [0.3, 0.4) is 0 Å². The maximum atomic E-state index is 12.6. The summed E-state index contributed by atoms with van der Waals surface area (Å²) in [6.45, 7) is 1.72. The van der Waals surface area contributed by atoms with Crippen LogP contribution in [0.1, 0.15) is 6.92 Å². The Labute approximate surface area is 163 Å². The number of para-hydroxylation sites is 1. The predicted molar refractivity (Wildman–Crippen MR) is 109 cm³/mol. The monoisotopic (exact) mass is 379 g/mol. The van der Waals surface area contributed by atoms with Gasteiger partial charge in [0.25, 0.3) is 5.91 Å². The molecule has 0 radical (unpaired) electrons. The molecule has 1 unspecified atom stereocenters. The van der Waals surface area contributed by atoms with Gasteiger partial charge >= 0.3 is 0 Å². The van der Waals surface area contributed by atoms with E-state index >= 15 is 0 Å². The Morgan fingerprint density at radius 2 is 1.63 bits per heavy atom. The van der Waals surface area contributed by atoms with Gasteiger partial charge in [0.1, 0.15) is 11.5 Å². The highest BCUT2D eigenvalue weighted by Gasteiger charge is 2.17. The number of carbonyl (C=O) groups excluding carboxylic acids is 1. The number of hydrogen-bond donors (Lipinski definition) is 1. The van der Waals surface area contributed by atoms with E-state index in [1.54, 1.807) is 37.9 Å². The van der Waals surface area contributed by atoms with Crippen molar-refractivity contribution in [2.24, 2.45) is 0 Å². The maximum Gasteiger partial charge on any atom is 0.265 e. The largest absolute Gasteiger partial charge is 0.497 e. The first-order chi connectivity index (χ1) is 13.2. The number of rotatable bonds is 7. The molecule has 0 saturated carbocycles. The summed E-state index contributed by atoms with van der Waals surface area (Å²) in [6, 6.07) is 25.0. The Morgan fingerprint density at radius 1 is 0.926 bits per heavy atom. The lowest BCUT2D eigenvalue weighted by molar-refractivity contribution is -0.122. The van der Waals surface area contributed by atoms with Crippen LogP contribution < -0.4 is 14.8 Å². The Hall–Kier alpha value is -2.92. The molecule has 138 valence electrons. The SMILES string of the molecule is COc1cccc(OC(C)C(=O)Nc2ccccc2Sc2ccccc2)c1. The Kier molecular flexibility index (Phi) is 6.39. The van der Waals surface area contributed by atoms with Crippen LogP contribution in [-0.4, -0.2) is 19.1 Å². The highest BCUT2D eigenvalue weighted by molar-refractivity contribution is 7.99. The number of amides is 1. The molecular weight excluding hydrogens is 358 g/mol. The van der Waals surface area contributed by atoms with Gasteiger partial charge in [0, 0.05) is 15.9 Å². The van der Waals surface area contributed by atoms with Crippen molar-refractivity contribution < 1.29 is 14.3 Å². The van der Waals surface area contributed by atoms with Gasteiger partial charge in [0.15, 0.2) is 6.10 Å². The minimum absolute atomic E-state index is 0.209. The second-order valence-corrected chi connectivity index (χ2v) is 6.95. The minimum Gasteiger partial charge on any atom is -0.497 e. The van der Waals surface area contributed by atoms with Gasteiger partial charge in [-0.25, -0.2) is 0 Å². The third-order valence-electron chi connectivity index (χ3n) is 3.84. The second kappa shape index (κ2) is 9.14. The van der Waals surface area contributed by atoms with Gasteiger partial charge in [-0.05, 0) is 43.3 Å². The van der Waals surface area contributed by atoms with Crippen molar-refractivity contribution in [2.75, 3.05) is 12.4 Å². The van der Waals surface area contributed by atoms with Gasteiger partial charge in [-0.2, -0.15) is 0 Å². The topological polar surface area (TPSA) is 47.6 Å². The molecule has 1 N–H and O–H groups in total. The maximum absolute atomic E-state index is 12.6. The smallest absolute Gasteiger partial charge is 0.265 e. The lowest BCUT2D eigenvalue weighted by Crippen LogP contribution is -2.30. The molecule has 3 aromatic carbocycles. The quantitative estimate of drug-likeness (QED) is 0.609. The fourth-order valence-electron chi connectivity index (χ4n) is 2.44. The van der Waals surface area contributed by atoms with Crippen LogP contribution >= 0.6 is 11.8 Å². The molecule has 27 heavy (non-hydrogen) atoms. The molecule has 0 fully saturated rings. The summed E-state index contributed by atoms with van der Waals surface area (Å²) in [5.41, 5.74) is 0.762. The molecule has 1 atom stereocenters. The zero-order chi connectivity index (χ0) is 19.1. The lowest BCUT2D eigenvalue weighted by atomic mass is 10.3. The molecule has 4 nitrogen and oxygen atoms in total. The highest BCUT2D eigenvalue weighted by Crippen LogP contribution is 2.33. The first-order valence-corrected chi connectivity index (χ1v) is 9.41. The molecular formula is C22H21NO3S. The predicted octanol–water partition coefficient (Wildman–Crippen LogP) is 5.25. The number of hydrogen-bond acceptors (Lipinski definition) is 4. The standard InChI is InChI=1S/C22H21NO3S/c1-16(26-18-10-8-9-17(15-18)25-2)22(24)23-20-13-6-7-14-21(20)27-19-11-4-3-5-12-19/h3-16H,1-2H3,(H,23,24). The number of nitrogens with one attached hydrogen (secondary N) is 1. The highest BCUT2D eigenvalue weighted by atomic mass is 32.2. The number of methoxy groups -OCH3 is 1. The number of ether oxygens (including phenoxy) is 2. The van der Waals surface area contributed by atoms with Crippen LogP contribution in [0.5, 0.6) is 11.5 Å². The van der Waals surface area contributed by atoms with Gasteiger partial charge in [-0.3, -0.25) is 4.79 Å². The molecule has 5 heteroatoms. The second-order valence-electron chi connectivity index (χ2n) is 5.84. The zero-order valence-corrected chi connectivity index (χ0v) is 16.0. The molecule has 0 aliphatic carbocycles. The Bertz CT molecular complexity index is 899. The molecule has 3 rings (SSSR count). The van der Waals surface area contributed by atoms with E-state index in [-0.39, 0.29) is 5.91 Å². The van der Waals surface area contributed by atoms with Crippen molar-refractivity contribution in [3.8, 4) is 11.5 Å². The fourth-order valence-corrected chi connectivity index (χ4v) is 3.36. The zero-order valence-electron chi connectivity index (χ0n) is 15.2. The van der Waals surface area contributed by atoms with Crippen LogP contribution in [0, 0.1) is 0 Å². The van der Waals surface area contributed by atoms with Crippen LogP contribution in [-0.2, 0) is 4.79 Å². The van der Waals surface area contributed by atoms with Crippen molar-refractivity contribution in [3.63, 3.8) is 0 Å². The van der Waals surface area contributed by atoms with E-state index in [0.717, 1.165) is 15.5 Å². The molecule has 0 saturated heterocycles. The van der Waals surface area contributed by atoms with Gasteiger partial charge in [0.05, 0.1) is 12.8 Å². The van der Waals surface area contributed by atoms with E-state index in [0.29, 0.717) is 11.5 Å². The minimum atomic E-state index is -0.646. The summed E-state index contributed by atoms with van der Waals surface area (Å²) in [5.74, 6) is 1.06.